The number of ketones is 2. The van der Waals surface area contributed by atoms with E-state index in [4.69, 9.17) is 0 Å². The Balaban J connectivity index is 2.26. The molecule has 0 bridgehead atoms. The van der Waals surface area contributed by atoms with Crippen molar-refractivity contribution in [2.24, 2.45) is 4.99 Å². The molecule has 1 N–H and O–H groups in total. The number of thiocarbonyl (C=S) groups is 1. The highest BCUT2D eigenvalue weighted by molar-refractivity contribution is 7.78. The van der Waals surface area contributed by atoms with Crippen LogP contribution in [0, 0.1) is 0 Å². The van der Waals surface area contributed by atoms with Gasteiger partial charge in [-0.05, 0) is 25.1 Å². The van der Waals surface area contributed by atoms with Gasteiger partial charge in [-0.3, -0.25) is 14.4 Å². The van der Waals surface area contributed by atoms with Crippen LogP contribution in [0.1, 0.15) is 32.1 Å². The first-order valence-corrected chi connectivity index (χ1v) is 5.91. The molecule has 0 spiro atoms. The van der Waals surface area contributed by atoms with Gasteiger partial charge in [0.1, 0.15) is 5.78 Å². The number of aliphatic imine (C=N–C) groups is 1. The molecule has 0 aromatic rings. The minimum atomic E-state index is -0.394. The second-order valence-corrected chi connectivity index (χ2v) is 4.10. The Kier molecular flexibility index (Phi) is 5.66. The predicted molar refractivity (Wildman–Crippen MR) is 64.9 cm³/mol. The standard InChI is InChI=1S/C11H14N2O3S/c14-8(4-5-12-7-17)6-11(16)13-9-2-1-3-10(9)15/h9H,1-6H2,(H,13,16)/t9-/m0/s1. The van der Waals surface area contributed by atoms with E-state index in [1.54, 1.807) is 0 Å². The molecule has 0 saturated heterocycles. The maximum atomic E-state index is 11.4. The molecule has 1 saturated carbocycles. The number of carbonyl (C=O) groups is 3. The number of amides is 1. The van der Waals surface area contributed by atoms with Crippen molar-refractivity contribution in [1.82, 2.24) is 5.32 Å². The average Bonchev–Trinajstić information content (AvgIpc) is 2.64. The van der Waals surface area contributed by atoms with E-state index in [0.717, 1.165) is 6.42 Å². The summed E-state index contributed by atoms with van der Waals surface area (Å²) in [6.45, 7) is 0.262. The lowest BCUT2D eigenvalue weighted by atomic mass is 10.2. The van der Waals surface area contributed by atoms with Crippen molar-refractivity contribution in [3.8, 4) is 0 Å². The highest BCUT2D eigenvalue weighted by Crippen LogP contribution is 2.14. The Morgan fingerprint density at radius 2 is 2.29 bits per heavy atom. The normalized spacial score (nSPS) is 18.6. The number of hydrogen-bond acceptors (Lipinski definition) is 5. The Morgan fingerprint density at radius 1 is 1.53 bits per heavy atom. The van der Waals surface area contributed by atoms with Crippen LogP contribution in [0.5, 0.6) is 0 Å². The summed E-state index contributed by atoms with van der Waals surface area (Å²) in [6, 6.07) is -0.394. The zero-order chi connectivity index (χ0) is 12.7. The molecule has 1 fully saturated rings. The van der Waals surface area contributed by atoms with Gasteiger partial charge in [0.25, 0.3) is 0 Å². The third kappa shape index (κ3) is 4.97. The first-order valence-electron chi connectivity index (χ1n) is 5.51. The zero-order valence-corrected chi connectivity index (χ0v) is 10.2. The van der Waals surface area contributed by atoms with Crippen molar-refractivity contribution in [2.75, 3.05) is 6.54 Å². The molecule has 1 atom stereocenters. The zero-order valence-electron chi connectivity index (χ0n) is 9.40. The Morgan fingerprint density at radius 3 is 2.88 bits per heavy atom. The van der Waals surface area contributed by atoms with E-state index in [0.29, 0.717) is 12.8 Å². The number of rotatable bonds is 6. The van der Waals surface area contributed by atoms with Crippen molar-refractivity contribution in [3.05, 3.63) is 0 Å². The lowest BCUT2D eigenvalue weighted by Crippen LogP contribution is -2.38. The van der Waals surface area contributed by atoms with Crippen LogP contribution in [0.15, 0.2) is 4.99 Å². The molecule has 17 heavy (non-hydrogen) atoms. The van der Waals surface area contributed by atoms with Crippen molar-refractivity contribution < 1.29 is 14.4 Å². The van der Waals surface area contributed by atoms with E-state index >= 15 is 0 Å². The molecule has 0 unspecified atom stereocenters. The second-order valence-electron chi connectivity index (χ2n) is 3.92. The SMILES string of the molecule is O=C(CCN=C=S)CC(=O)N[C@H]1CCCC1=O. The van der Waals surface area contributed by atoms with E-state index in [9.17, 15) is 14.4 Å². The summed E-state index contributed by atoms with van der Waals surface area (Å²) in [4.78, 5) is 37.6. The largest absolute Gasteiger partial charge is 0.346 e. The van der Waals surface area contributed by atoms with Crippen LogP contribution in [0.4, 0.5) is 0 Å². The highest BCUT2D eigenvalue weighted by Gasteiger charge is 2.26. The molecule has 0 radical (unpaired) electrons. The van der Waals surface area contributed by atoms with Crippen LogP contribution < -0.4 is 5.32 Å². The molecular formula is C11H14N2O3S. The van der Waals surface area contributed by atoms with Crippen LogP contribution in [0.2, 0.25) is 0 Å². The summed E-state index contributed by atoms with van der Waals surface area (Å²) >= 11 is 4.36. The van der Waals surface area contributed by atoms with Crippen molar-refractivity contribution in [1.29, 1.82) is 0 Å². The number of nitrogens with zero attached hydrogens (tertiary/aromatic N) is 1. The average molecular weight is 254 g/mol. The lowest BCUT2D eigenvalue weighted by Gasteiger charge is -2.09. The molecule has 5 nitrogen and oxygen atoms in total. The maximum absolute atomic E-state index is 11.4. The summed E-state index contributed by atoms with van der Waals surface area (Å²) < 4.78 is 0. The third-order valence-electron chi connectivity index (χ3n) is 2.56. The summed E-state index contributed by atoms with van der Waals surface area (Å²) in [7, 11) is 0. The Labute approximate surface area is 105 Å². The molecule has 0 heterocycles. The fraction of sp³-hybridized carbons (Fsp3) is 0.636. The predicted octanol–water partition coefficient (Wildman–Crippen LogP) is 0.676. The monoisotopic (exact) mass is 254 g/mol. The van der Waals surface area contributed by atoms with E-state index < -0.39 is 6.04 Å². The highest BCUT2D eigenvalue weighted by atomic mass is 32.1. The summed E-state index contributed by atoms with van der Waals surface area (Å²) in [5.74, 6) is -0.542. The van der Waals surface area contributed by atoms with Crippen LogP contribution >= 0.6 is 12.2 Å². The smallest absolute Gasteiger partial charge is 0.228 e. The van der Waals surface area contributed by atoms with Crippen LogP contribution in [0.3, 0.4) is 0 Å². The van der Waals surface area contributed by atoms with Gasteiger partial charge in [-0.1, -0.05) is 0 Å². The molecule has 0 aromatic heterocycles. The first kappa shape index (κ1) is 13.7. The van der Waals surface area contributed by atoms with Crippen molar-refractivity contribution in [3.63, 3.8) is 0 Å². The minimum absolute atomic E-state index is 0.0519. The summed E-state index contributed by atoms with van der Waals surface area (Å²) in [5.41, 5.74) is 0. The Hall–Kier alpha value is -1.39. The van der Waals surface area contributed by atoms with E-state index in [1.165, 1.54) is 0 Å². The van der Waals surface area contributed by atoms with E-state index in [2.05, 4.69) is 27.7 Å². The molecule has 1 rings (SSSR count). The molecule has 1 aliphatic rings. The first-order chi connectivity index (χ1) is 8.13. The quantitative estimate of drug-likeness (QED) is 0.429. The maximum Gasteiger partial charge on any atom is 0.228 e. The topological polar surface area (TPSA) is 75.6 Å². The molecule has 6 heteroatoms. The third-order valence-corrected chi connectivity index (χ3v) is 2.69. The molecule has 1 amide bonds. The van der Waals surface area contributed by atoms with Crippen LogP contribution in [-0.2, 0) is 14.4 Å². The van der Waals surface area contributed by atoms with Gasteiger partial charge < -0.3 is 5.32 Å². The van der Waals surface area contributed by atoms with Gasteiger partial charge in [0.2, 0.25) is 5.91 Å². The summed E-state index contributed by atoms with van der Waals surface area (Å²) in [5, 5.41) is 4.73. The fourth-order valence-electron chi connectivity index (χ4n) is 1.71. The molecule has 92 valence electrons. The number of carbonyl (C=O) groups excluding carboxylic acids is 3. The fourth-order valence-corrected chi connectivity index (χ4v) is 1.80. The van der Waals surface area contributed by atoms with Crippen molar-refractivity contribution in [2.45, 2.75) is 38.1 Å². The van der Waals surface area contributed by atoms with Crippen LogP contribution in [0.25, 0.3) is 0 Å². The van der Waals surface area contributed by atoms with Crippen molar-refractivity contribution >= 4 is 34.9 Å². The van der Waals surface area contributed by atoms with Gasteiger partial charge in [0, 0.05) is 12.8 Å². The number of Topliss-reactive ketones (excluding diaryl/α,β-unsaturated/α-hetero) is 2. The van der Waals surface area contributed by atoms with Crippen LogP contribution in [-0.4, -0.2) is 35.2 Å². The lowest BCUT2D eigenvalue weighted by molar-refractivity contribution is -0.130. The minimum Gasteiger partial charge on any atom is -0.346 e. The molecule has 0 aliphatic heterocycles. The summed E-state index contributed by atoms with van der Waals surface area (Å²) in [6.07, 6.45) is 1.98. The number of nitrogens with one attached hydrogen (secondary N) is 1. The van der Waals surface area contributed by atoms with E-state index in [-0.39, 0.29) is 36.9 Å². The molecule has 0 aromatic carbocycles. The second kappa shape index (κ2) is 7.04. The molecular weight excluding hydrogens is 240 g/mol. The van der Waals surface area contributed by atoms with E-state index in [1.807, 2.05) is 0 Å². The molecule has 1 aliphatic carbocycles. The van der Waals surface area contributed by atoms with Gasteiger partial charge in [-0.15, -0.1) is 0 Å². The number of isothiocyanates is 1. The van der Waals surface area contributed by atoms with Gasteiger partial charge in [-0.25, -0.2) is 4.99 Å². The van der Waals surface area contributed by atoms with Gasteiger partial charge in [-0.2, -0.15) is 0 Å². The van der Waals surface area contributed by atoms with Gasteiger partial charge in [0.05, 0.1) is 24.2 Å². The number of hydrogen-bond donors (Lipinski definition) is 1. The van der Waals surface area contributed by atoms with Gasteiger partial charge >= 0.3 is 0 Å². The Bertz CT molecular complexity index is 375. The van der Waals surface area contributed by atoms with Gasteiger partial charge in [0.15, 0.2) is 5.78 Å².